The summed E-state index contributed by atoms with van der Waals surface area (Å²) in [6.45, 7) is 9.58. The van der Waals surface area contributed by atoms with Gasteiger partial charge in [-0.2, -0.15) is 0 Å². The molecule has 0 fully saturated rings. The fraction of sp³-hybridized carbons (Fsp3) is 0.101. The Morgan fingerprint density at radius 1 is 0.286 bits per heavy atom. The van der Waals surface area contributed by atoms with Gasteiger partial charge in [0.15, 0.2) is 0 Å². The summed E-state index contributed by atoms with van der Waals surface area (Å²) in [7, 11) is 0. The molecule has 0 saturated carbocycles. The number of hydrogen-bond donors (Lipinski definition) is 0. The quantitative estimate of drug-likeness (QED) is 0.150. The SMILES string of the molecule is CC1(C)c2ccccc2-c2ccc(N(c3ccc4c(c3)C(C)(C)c3ccccc3-4)c3cc4c(cc3-c3ccc5ccc6ccccc6c5c3)-c3ccccc3C4(c3ccccc3)c3ccccc3)cc21. The zero-order chi connectivity index (χ0) is 46.9. The number of anilines is 3. The van der Waals surface area contributed by atoms with Gasteiger partial charge in [-0.05, 0) is 147 Å². The highest BCUT2D eigenvalue weighted by Crippen LogP contribution is 2.60. The van der Waals surface area contributed by atoms with Crippen LogP contribution in [0, 0.1) is 0 Å². The molecule has 0 spiro atoms. The molecule has 3 aliphatic rings. The standard InChI is InChI=1S/C69H51N/c1-67(2)60-28-16-13-25-52(60)55-37-35-49(40-63(55)67)70(50-36-38-56-53-26-14-17-29-61(53)68(3,4)64(56)41-50)66-43-65-59(42-58(66)46-34-33-45-32-31-44-19-11-12-24-51(44)57(45)39-46)54-27-15-18-30-62(54)69(65,47-20-7-5-8-21-47)48-22-9-6-10-23-48/h5-43H,1-4H3. The topological polar surface area (TPSA) is 3.24 Å². The minimum Gasteiger partial charge on any atom is -0.310 e. The van der Waals surface area contributed by atoms with E-state index in [-0.39, 0.29) is 10.8 Å². The van der Waals surface area contributed by atoms with Crippen molar-refractivity contribution in [2.75, 3.05) is 4.90 Å². The van der Waals surface area contributed by atoms with Crippen molar-refractivity contribution < 1.29 is 0 Å². The second-order valence-electron chi connectivity index (χ2n) is 20.8. The molecule has 14 rings (SSSR count). The van der Waals surface area contributed by atoms with Crippen LogP contribution in [-0.4, -0.2) is 0 Å². The van der Waals surface area contributed by atoms with Crippen LogP contribution in [0.15, 0.2) is 237 Å². The fourth-order valence-electron chi connectivity index (χ4n) is 13.2. The zero-order valence-electron chi connectivity index (χ0n) is 40.0. The number of fused-ring (bicyclic) bond motifs is 12. The minimum atomic E-state index is -0.587. The summed E-state index contributed by atoms with van der Waals surface area (Å²) in [5.41, 5.74) is 23.2. The highest BCUT2D eigenvalue weighted by molar-refractivity contribution is 6.10. The maximum absolute atomic E-state index is 2.60. The van der Waals surface area contributed by atoms with Crippen LogP contribution in [0.1, 0.15) is 72.2 Å². The van der Waals surface area contributed by atoms with Gasteiger partial charge < -0.3 is 4.90 Å². The van der Waals surface area contributed by atoms with Gasteiger partial charge in [-0.1, -0.05) is 222 Å². The van der Waals surface area contributed by atoms with Crippen LogP contribution in [0.4, 0.5) is 17.1 Å². The van der Waals surface area contributed by atoms with Crippen molar-refractivity contribution in [1.82, 2.24) is 0 Å². The maximum atomic E-state index is 2.60. The van der Waals surface area contributed by atoms with Crippen LogP contribution >= 0.6 is 0 Å². The van der Waals surface area contributed by atoms with Crippen LogP contribution in [0.25, 0.3) is 66.1 Å². The average Bonchev–Trinajstić information content (AvgIpc) is 3.93. The van der Waals surface area contributed by atoms with E-state index < -0.39 is 5.41 Å². The van der Waals surface area contributed by atoms with Gasteiger partial charge in [0, 0.05) is 27.8 Å². The summed E-state index contributed by atoms with van der Waals surface area (Å²) in [6, 6.07) is 89.7. The maximum Gasteiger partial charge on any atom is 0.0714 e. The van der Waals surface area contributed by atoms with E-state index in [1.807, 2.05) is 0 Å². The molecule has 3 aliphatic carbocycles. The molecule has 11 aromatic carbocycles. The minimum absolute atomic E-state index is 0.188. The van der Waals surface area contributed by atoms with E-state index in [9.17, 15) is 0 Å². The van der Waals surface area contributed by atoms with Crippen LogP contribution in [0.3, 0.4) is 0 Å². The lowest BCUT2D eigenvalue weighted by atomic mass is 9.67. The monoisotopic (exact) mass is 893 g/mol. The van der Waals surface area contributed by atoms with Gasteiger partial charge in [0.05, 0.1) is 11.1 Å². The molecule has 0 bridgehead atoms. The molecule has 0 radical (unpaired) electrons. The third kappa shape index (κ3) is 5.61. The average molecular weight is 894 g/mol. The first-order chi connectivity index (χ1) is 34.2. The van der Waals surface area contributed by atoms with Gasteiger partial charge in [-0.3, -0.25) is 0 Å². The van der Waals surface area contributed by atoms with Gasteiger partial charge in [0.2, 0.25) is 0 Å². The van der Waals surface area contributed by atoms with Gasteiger partial charge in [0.1, 0.15) is 0 Å². The van der Waals surface area contributed by atoms with Gasteiger partial charge in [0.25, 0.3) is 0 Å². The molecule has 0 aromatic heterocycles. The Bertz CT molecular complexity index is 3800. The van der Waals surface area contributed by atoms with Crippen molar-refractivity contribution in [3.05, 3.63) is 281 Å². The molecule has 0 unspecified atom stereocenters. The molecular formula is C69H51N. The number of nitrogens with zero attached hydrogens (tertiary/aromatic N) is 1. The van der Waals surface area contributed by atoms with Crippen molar-refractivity contribution in [3.8, 4) is 44.5 Å². The van der Waals surface area contributed by atoms with Crippen LogP contribution in [0.2, 0.25) is 0 Å². The van der Waals surface area contributed by atoms with Gasteiger partial charge in [-0.15, -0.1) is 0 Å². The first-order valence-corrected chi connectivity index (χ1v) is 24.8. The highest BCUT2D eigenvalue weighted by atomic mass is 15.1. The van der Waals surface area contributed by atoms with E-state index in [1.165, 1.54) is 111 Å². The van der Waals surface area contributed by atoms with Crippen LogP contribution in [0.5, 0.6) is 0 Å². The summed E-state index contributed by atoms with van der Waals surface area (Å²) >= 11 is 0. The number of hydrogen-bond acceptors (Lipinski definition) is 1. The fourth-order valence-corrected chi connectivity index (χ4v) is 13.2. The first-order valence-electron chi connectivity index (χ1n) is 24.8. The lowest BCUT2D eigenvalue weighted by Crippen LogP contribution is -2.28. The summed E-state index contributed by atoms with van der Waals surface area (Å²) in [5.74, 6) is 0. The lowest BCUT2D eigenvalue weighted by Gasteiger charge is -2.36. The molecule has 0 aliphatic heterocycles. The van der Waals surface area contributed by atoms with Crippen molar-refractivity contribution in [1.29, 1.82) is 0 Å². The van der Waals surface area contributed by atoms with Crippen molar-refractivity contribution >= 4 is 38.6 Å². The molecule has 1 heteroatoms. The third-order valence-corrected chi connectivity index (χ3v) is 16.5. The van der Waals surface area contributed by atoms with E-state index in [0.717, 1.165) is 17.1 Å². The van der Waals surface area contributed by atoms with Gasteiger partial charge >= 0.3 is 0 Å². The smallest absolute Gasteiger partial charge is 0.0714 e. The Morgan fingerprint density at radius 3 is 1.33 bits per heavy atom. The van der Waals surface area contributed by atoms with E-state index in [1.54, 1.807) is 0 Å². The van der Waals surface area contributed by atoms with Crippen molar-refractivity contribution in [2.45, 2.75) is 43.9 Å². The molecule has 11 aromatic rings. The van der Waals surface area contributed by atoms with E-state index >= 15 is 0 Å². The highest BCUT2D eigenvalue weighted by Gasteiger charge is 2.47. The molecule has 0 N–H and O–H groups in total. The molecule has 0 amide bonds. The number of rotatable bonds is 6. The van der Waals surface area contributed by atoms with E-state index in [4.69, 9.17) is 0 Å². The Balaban J connectivity index is 1.12. The molecule has 1 nitrogen and oxygen atoms in total. The largest absolute Gasteiger partial charge is 0.310 e. The molecule has 0 atom stereocenters. The van der Waals surface area contributed by atoms with Crippen LogP contribution < -0.4 is 4.90 Å². The van der Waals surface area contributed by atoms with E-state index in [0.29, 0.717) is 0 Å². The molecule has 0 saturated heterocycles. The Morgan fingerprint density at radius 2 is 0.743 bits per heavy atom. The van der Waals surface area contributed by atoms with Crippen LogP contribution in [-0.2, 0) is 16.2 Å². The normalized spacial score (nSPS) is 14.9. The molecular weight excluding hydrogens is 843 g/mol. The molecule has 70 heavy (non-hydrogen) atoms. The predicted octanol–water partition coefficient (Wildman–Crippen LogP) is 18.1. The molecule has 0 heterocycles. The first kappa shape index (κ1) is 40.8. The summed E-state index contributed by atoms with van der Waals surface area (Å²) in [5, 5.41) is 5.00. The lowest BCUT2D eigenvalue weighted by molar-refractivity contribution is 0.660. The van der Waals surface area contributed by atoms with Gasteiger partial charge in [-0.25, -0.2) is 0 Å². The second kappa shape index (κ2) is 14.9. The summed E-state index contributed by atoms with van der Waals surface area (Å²) in [6.07, 6.45) is 0. The van der Waals surface area contributed by atoms with Crippen molar-refractivity contribution in [2.24, 2.45) is 0 Å². The Labute approximate surface area is 411 Å². The Kier molecular flexibility index (Phi) is 8.66. The summed E-state index contributed by atoms with van der Waals surface area (Å²) < 4.78 is 0. The summed E-state index contributed by atoms with van der Waals surface area (Å²) in [4.78, 5) is 2.60. The Hall–Kier alpha value is -8.26. The third-order valence-electron chi connectivity index (χ3n) is 16.5. The zero-order valence-corrected chi connectivity index (χ0v) is 40.0. The predicted molar refractivity (Wildman–Crippen MR) is 294 cm³/mol. The van der Waals surface area contributed by atoms with E-state index in [2.05, 4.69) is 269 Å². The molecule has 332 valence electrons. The second-order valence-corrected chi connectivity index (χ2v) is 20.8. The number of benzene rings is 11. The van der Waals surface area contributed by atoms with Crippen molar-refractivity contribution in [3.63, 3.8) is 0 Å².